The van der Waals surface area contributed by atoms with Gasteiger partial charge in [-0.15, -0.1) is 0 Å². The zero-order chi connectivity index (χ0) is 22.5. The Morgan fingerprint density at radius 3 is 2.37 bits per heavy atom. The number of guanidine groups is 1. The summed E-state index contributed by atoms with van der Waals surface area (Å²) in [5, 5.41) is 14.7. The lowest BCUT2D eigenvalue weighted by molar-refractivity contribution is -0.136. The second-order valence-electron chi connectivity index (χ2n) is 7.49. The minimum Gasteiger partial charge on any atom is -0.370 e. The van der Waals surface area contributed by atoms with Gasteiger partial charge in [0, 0.05) is 12.6 Å². The first-order chi connectivity index (χ1) is 14.3. The molecule has 11 nitrogen and oxygen atoms in total. The number of nitrogens with zero attached hydrogens (tertiary/aromatic N) is 1. The molecule has 8 N–H and O–H groups in total. The minimum atomic E-state index is -0.734. The van der Waals surface area contributed by atoms with E-state index in [1.54, 1.807) is 4.90 Å². The summed E-state index contributed by atoms with van der Waals surface area (Å²) in [6.07, 6.45) is 7.52. The fraction of sp³-hybridized carbons (Fsp3) is 0.737. The van der Waals surface area contributed by atoms with Gasteiger partial charge in [-0.25, -0.2) is 0 Å². The predicted octanol–water partition coefficient (Wildman–Crippen LogP) is -1.53. The minimum absolute atomic E-state index is 0.0758. The number of nitrogens with two attached hydrogens (primary N) is 2. The number of rotatable bonds is 12. The second kappa shape index (κ2) is 13.5. The molecule has 3 amide bonds. The van der Waals surface area contributed by atoms with Crippen LogP contribution in [0.4, 0.5) is 0 Å². The molecule has 1 fully saturated rings. The van der Waals surface area contributed by atoms with E-state index in [0.717, 1.165) is 32.1 Å². The molecule has 1 aliphatic rings. The summed E-state index contributed by atoms with van der Waals surface area (Å²) in [7, 11) is 0. The van der Waals surface area contributed by atoms with E-state index in [9.17, 15) is 19.2 Å². The van der Waals surface area contributed by atoms with Gasteiger partial charge in [-0.2, -0.15) is 0 Å². The van der Waals surface area contributed by atoms with Crippen LogP contribution in [0.5, 0.6) is 0 Å². The number of nitrogens with one attached hydrogen (secondary N) is 4. The van der Waals surface area contributed by atoms with Gasteiger partial charge < -0.3 is 32.3 Å². The van der Waals surface area contributed by atoms with Crippen molar-refractivity contribution < 1.29 is 19.2 Å². The zero-order valence-electron chi connectivity index (χ0n) is 17.5. The summed E-state index contributed by atoms with van der Waals surface area (Å²) in [5.74, 6) is -1.49. The highest BCUT2D eigenvalue weighted by molar-refractivity contribution is 5.90. The highest BCUT2D eigenvalue weighted by atomic mass is 16.2. The Labute approximate surface area is 177 Å². The van der Waals surface area contributed by atoms with E-state index in [-0.39, 0.29) is 31.0 Å². The molecular formula is C19H34N7O4. The molecule has 0 bridgehead atoms. The van der Waals surface area contributed by atoms with Crippen molar-refractivity contribution in [2.24, 2.45) is 11.5 Å². The largest absolute Gasteiger partial charge is 0.370 e. The molecule has 0 unspecified atom stereocenters. The maximum Gasteiger partial charge on any atom is 0.242 e. The molecule has 1 aliphatic carbocycles. The number of hydrogen-bond donors (Lipinski definition) is 6. The van der Waals surface area contributed by atoms with Crippen LogP contribution in [0, 0.1) is 5.41 Å². The van der Waals surface area contributed by atoms with Crippen LogP contribution >= 0.6 is 0 Å². The number of carbonyl (C=O) groups is 3. The molecule has 0 aromatic carbocycles. The Balaban J connectivity index is 2.67. The molecule has 0 aromatic rings. The van der Waals surface area contributed by atoms with Crippen molar-refractivity contribution in [3.63, 3.8) is 0 Å². The first kappa shape index (κ1) is 25.3. The molecule has 0 saturated heterocycles. The normalized spacial score (nSPS) is 16.1. The third-order valence-corrected chi connectivity index (χ3v) is 4.97. The van der Waals surface area contributed by atoms with E-state index in [1.165, 1.54) is 6.92 Å². The van der Waals surface area contributed by atoms with Gasteiger partial charge in [-0.1, -0.05) is 19.3 Å². The van der Waals surface area contributed by atoms with E-state index < -0.39 is 23.9 Å². The third-order valence-electron chi connectivity index (χ3n) is 4.97. The number of carbonyl (C=O) groups excluding carboxylic acids is 4. The average Bonchev–Trinajstić information content (AvgIpc) is 2.72. The van der Waals surface area contributed by atoms with Crippen LogP contribution < -0.4 is 27.4 Å². The monoisotopic (exact) mass is 424 g/mol. The summed E-state index contributed by atoms with van der Waals surface area (Å²) >= 11 is 0. The van der Waals surface area contributed by atoms with Gasteiger partial charge in [0.1, 0.15) is 0 Å². The van der Waals surface area contributed by atoms with Crippen molar-refractivity contribution >= 4 is 30.0 Å². The molecule has 0 aromatic heterocycles. The maximum absolute atomic E-state index is 12.9. The molecule has 1 saturated carbocycles. The van der Waals surface area contributed by atoms with E-state index in [2.05, 4.69) is 16.0 Å². The average molecular weight is 425 g/mol. The lowest BCUT2D eigenvalue weighted by Crippen LogP contribution is -2.53. The molecule has 0 spiro atoms. The fourth-order valence-corrected chi connectivity index (χ4v) is 3.42. The Kier molecular flexibility index (Phi) is 11.4. The Bertz CT molecular complexity index is 606. The Hall–Kier alpha value is -2.69. The maximum atomic E-state index is 12.9. The van der Waals surface area contributed by atoms with Crippen LogP contribution in [0.25, 0.3) is 0 Å². The molecular weight excluding hydrogens is 390 g/mol. The molecule has 0 heterocycles. The molecule has 30 heavy (non-hydrogen) atoms. The summed E-state index contributed by atoms with van der Waals surface area (Å²) in [4.78, 5) is 49.4. The van der Waals surface area contributed by atoms with Gasteiger partial charge in [0.05, 0.1) is 25.2 Å². The van der Waals surface area contributed by atoms with Crippen LogP contribution in [0.3, 0.4) is 0 Å². The van der Waals surface area contributed by atoms with Gasteiger partial charge in [-0.05, 0) is 32.6 Å². The fourth-order valence-electron chi connectivity index (χ4n) is 3.42. The quantitative estimate of drug-likeness (QED) is 0.125. The standard InChI is InChI=1S/C19H34N7O4/c1-13(20)18(30)25-10-16(28)24-11-17(29)26(14-6-3-2-4-7-14)15(12-27)8-5-9-23-19(21)22/h13-15H,2-11,20H2,1H3,(H,24,28)(H,25,30)(H4,21,22,23)/t13-,15-/m0/s1. The van der Waals surface area contributed by atoms with E-state index >= 15 is 0 Å². The van der Waals surface area contributed by atoms with E-state index in [1.807, 2.05) is 6.29 Å². The third kappa shape index (κ3) is 9.21. The van der Waals surface area contributed by atoms with Crippen molar-refractivity contribution in [3.05, 3.63) is 0 Å². The lowest BCUT2D eigenvalue weighted by Gasteiger charge is -2.38. The molecule has 1 rings (SSSR count). The van der Waals surface area contributed by atoms with Gasteiger partial charge in [0.15, 0.2) is 5.96 Å². The summed E-state index contributed by atoms with van der Waals surface area (Å²) in [5.41, 5.74) is 10.7. The summed E-state index contributed by atoms with van der Waals surface area (Å²) < 4.78 is 0. The van der Waals surface area contributed by atoms with Crippen molar-refractivity contribution in [2.75, 3.05) is 19.6 Å². The molecule has 11 heteroatoms. The van der Waals surface area contributed by atoms with Gasteiger partial charge in [-0.3, -0.25) is 24.6 Å². The van der Waals surface area contributed by atoms with Crippen molar-refractivity contribution in [3.8, 4) is 0 Å². The highest BCUT2D eigenvalue weighted by Crippen LogP contribution is 2.25. The number of hydrogen-bond acceptors (Lipinski definition) is 6. The van der Waals surface area contributed by atoms with E-state index in [0.29, 0.717) is 19.4 Å². The molecule has 169 valence electrons. The summed E-state index contributed by atoms with van der Waals surface area (Å²) in [6.45, 7) is 1.36. The van der Waals surface area contributed by atoms with Crippen LogP contribution in [0.1, 0.15) is 51.9 Å². The highest BCUT2D eigenvalue weighted by Gasteiger charge is 2.31. The van der Waals surface area contributed by atoms with Gasteiger partial charge in [0.2, 0.25) is 24.0 Å². The van der Waals surface area contributed by atoms with Crippen LogP contribution in [-0.4, -0.2) is 72.6 Å². The molecule has 1 radical (unpaired) electrons. The molecule has 2 atom stereocenters. The predicted molar refractivity (Wildman–Crippen MR) is 112 cm³/mol. The van der Waals surface area contributed by atoms with Gasteiger partial charge in [0.25, 0.3) is 0 Å². The van der Waals surface area contributed by atoms with Crippen molar-refractivity contribution in [2.45, 2.75) is 70.0 Å². The first-order valence-corrected chi connectivity index (χ1v) is 10.3. The first-order valence-electron chi connectivity index (χ1n) is 10.3. The van der Waals surface area contributed by atoms with Crippen LogP contribution in [-0.2, 0) is 19.2 Å². The SMILES string of the molecule is C[C@H](N)C(=O)NCC(=O)NCC(=O)N(C1CCCCC1)[C@H]([C]=O)CCCNC(=N)N. The summed E-state index contributed by atoms with van der Waals surface area (Å²) in [6, 6.07) is -1.54. The van der Waals surface area contributed by atoms with Crippen molar-refractivity contribution in [1.82, 2.24) is 20.9 Å². The van der Waals surface area contributed by atoms with E-state index in [4.69, 9.17) is 16.9 Å². The van der Waals surface area contributed by atoms with Gasteiger partial charge >= 0.3 is 0 Å². The smallest absolute Gasteiger partial charge is 0.242 e. The topological polar surface area (TPSA) is 184 Å². The second-order valence-corrected chi connectivity index (χ2v) is 7.49. The Morgan fingerprint density at radius 2 is 1.80 bits per heavy atom. The lowest BCUT2D eigenvalue weighted by atomic mass is 9.92. The number of amides is 3. The zero-order valence-corrected chi connectivity index (χ0v) is 17.5. The van der Waals surface area contributed by atoms with Crippen LogP contribution in [0.2, 0.25) is 0 Å². The Morgan fingerprint density at radius 1 is 1.13 bits per heavy atom. The molecule has 0 aliphatic heterocycles. The van der Waals surface area contributed by atoms with Crippen molar-refractivity contribution in [1.29, 1.82) is 5.41 Å². The van der Waals surface area contributed by atoms with Crippen LogP contribution in [0.15, 0.2) is 0 Å².